The predicted octanol–water partition coefficient (Wildman–Crippen LogP) is 4.93. The first-order valence-corrected chi connectivity index (χ1v) is 8.33. The van der Waals surface area contributed by atoms with Crippen LogP contribution in [0.2, 0.25) is 0 Å². The van der Waals surface area contributed by atoms with Gasteiger partial charge in [0.05, 0.1) is 5.92 Å². The van der Waals surface area contributed by atoms with E-state index >= 15 is 0 Å². The van der Waals surface area contributed by atoms with E-state index in [1.54, 1.807) is 0 Å². The number of carbonyl (C=O) groups excluding carboxylic acids is 1. The van der Waals surface area contributed by atoms with Crippen molar-refractivity contribution < 1.29 is 4.79 Å². The Morgan fingerprint density at radius 1 is 0.583 bits per heavy atom. The van der Waals surface area contributed by atoms with Crippen LogP contribution in [0.3, 0.4) is 0 Å². The number of Topliss-reactive ketones (excluding diaryl/α,β-unsaturated/α-hetero) is 1. The number of benzene rings is 3. The molecule has 0 aliphatic heterocycles. The summed E-state index contributed by atoms with van der Waals surface area (Å²) in [6.45, 7) is 0. The summed E-state index contributed by atoms with van der Waals surface area (Å²) in [7, 11) is 0. The third kappa shape index (κ3) is 1.78. The van der Waals surface area contributed by atoms with E-state index in [2.05, 4.69) is 54.6 Å². The molecule has 0 saturated heterocycles. The van der Waals surface area contributed by atoms with E-state index in [-0.39, 0.29) is 17.6 Å². The van der Waals surface area contributed by atoms with Gasteiger partial charge in [0.15, 0.2) is 5.78 Å². The van der Waals surface area contributed by atoms with Crippen LogP contribution in [0.1, 0.15) is 39.7 Å². The number of ketones is 1. The lowest BCUT2D eigenvalue weighted by molar-refractivity contribution is -0.116. The van der Waals surface area contributed by atoms with Gasteiger partial charge in [-0.2, -0.15) is 0 Å². The molecule has 0 unspecified atom stereocenters. The molecule has 0 saturated carbocycles. The zero-order valence-electron chi connectivity index (χ0n) is 13.1. The van der Waals surface area contributed by atoms with Crippen molar-refractivity contribution in [1.29, 1.82) is 0 Å². The Morgan fingerprint density at radius 2 is 1.04 bits per heavy atom. The molecule has 0 atom stereocenters. The highest BCUT2D eigenvalue weighted by molar-refractivity contribution is 6.11. The molecule has 0 N–H and O–H groups in total. The Labute approximate surface area is 141 Å². The third-order valence-corrected chi connectivity index (χ3v) is 5.22. The fourth-order valence-electron chi connectivity index (χ4n) is 4.22. The van der Waals surface area contributed by atoms with Gasteiger partial charge in [0, 0.05) is 11.5 Å². The number of allylic oxidation sites excluding steroid dienone is 1. The number of fused-ring (bicyclic) bond motifs is 1. The molecule has 1 heteroatoms. The average Bonchev–Trinajstić information content (AvgIpc) is 2.64. The van der Waals surface area contributed by atoms with E-state index in [9.17, 15) is 4.79 Å². The second-order valence-electron chi connectivity index (χ2n) is 6.50. The molecular weight excluding hydrogens is 292 g/mol. The Balaban J connectivity index is 1.79. The molecule has 0 aromatic heterocycles. The number of hydrogen-bond acceptors (Lipinski definition) is 1. The molecule has 6 rings (SSSR count). The Morgan fingerprint density at radius 3 is 1.58 bits per heavy atom. The smallest absolute Gasteiger partial charge is 0.171 e. The molecule has 0 heterocycles. The molecule has 0 fully saturated rings. The van der Waals surface area contributed by atoms with E-state index in [0.29, 0.717) is 0 Å². The fourth-order valence-corrected chi connectivity index (χ4v) is 4.22. The molecule has 114 valence electrons. The molecule has 1 nitrogen and oxygen atoms in total. The number of rotatable bonds is 1. The minimum absolute atomic E-state index is 0.0510. The molecule has 0 radical (unpaired) electrons. The first-order chi connectivity index (χ1) is 11.8. The zero-order chi connectivity index (χ0) is 16.1. The maximum atomic E-state index is 13.2. The minimum atomic E-state index is -0.155. The summed E-state index contributed by atoms with van der Waals surface area (Å²) >= 11 is 0. The van der Waals surface area contributed by atoms with E-state index in [4.69, 9.17) is 0 Å². The summed E-state index contributed by atoms with van der Waals surface area (Å²) in [4.78, 5) is 13.2. The van der Waals surface area contributed by atoms with E-state index in [0.717, 1.165) is 11.1 Å². The molecule has 2 bridgehead atoms. The maximum absolute atomic E-state index is 13.2. The highest BCUT2D eigenvalue weighted by Gasteiger charge is 2.45. The second-order valence-corrected chi connectivity index (χ2v) is 6.50. The minimum Gasteiger partial charge on any atom is -0.293 e. The topological polar surface area (TPSA) is 17.1 Å². The van der Waals surface area contributed by atoms with Crippen LogP contribution in [0.15, 0.2) is 84.4 Å². The molecule has 3 aliphatic carbocycles. The van der Waals surface area contributed by atoms with Crippen LogP contribution < -0.4 is 0 Å². The molecular formula is C23H16O. The van der Waals surface area contributed by atoms with Gasteiger partial charge >= 0.3 is 0 Å². The van der Waals surface area contributed by atoms with Gasteiger partial charge in [0.1, 0.15) is 0 Å². The maximum Gasteiger partial charge on any atom is 0.171 e. The molecule has 0 amide bonds. The normalized spacial score (nSPS) is 22.3. The lowest BCUT2D eigenvalue weighted by Crippen LogP contribution is -2.34. The van der Waals surface area contributed by atoms with Gasteiger partial charge in [-0.3, -0.25) is 4.79 Å². The van der Waals surface area contributed by atoms with E-state index in [1.165, 1.54) is 22.3 Å². The summed E-state index contributed by atoms with van der Waals surface area (Å²) in [5, 5.41) is 0. The monoisotopic (exact) mass is 308 g/mol. The van der Waals surface area contributed by atoms with Crippen LogP contribution in [0.25, 0.3) is 6.08 Å². The zero-order valence-corrected chi connectivity index (χ0v) is 13.1. The molecule has 3 aromatic rings. The fraction of sp³-hybridized carbons (Fsp3) is 0.0870. The van der Waals surface area contributed by atoms with Gasteiger partial charge in [0.2, 0.25) is 0 Å². The summed E-state index contributed by atoms with van der Waals surface area (Å²) in [6, 6.07) is 26.9. The quantitative estimate of drug-likeness (QED) is 0.583. The first-order valence-electron chi connectivity index (χ1n) is 8.33. The van der Waals surface area contributed by atoms with Gasteiger partial charge in [-0.15, -0.1) is 0 Å². The summed E-state index contributed by atoms with van der Waals surface area (Å²) in [6.07, 6.45) is 2.08. The Hall–Kier alpha value is -2.93. The van der Waals surface area contributed by atoms with Crippen LogP contribution in [0.5, 0.6) is 0 Å². The van der Waals surface area contributed by atoms with Crippen molar-refractivity contribution in [2.45, 2.75) is 11.8 Å². The van der Waals surface area contributed by atoms with Gasteiger partial charge in [-0.1, -0.05) is 78.9 Å². The third-order valence-electron chi connectivity index (χ3n) is 5.22. The largest absolute Gasteiger partial charge is 0.293 e. The van der Waals surface area contributed by atoms with Crippen molar-refractivity contribution in [3.8, 4) is 0 Å². The van der Waals surface area contributed by atoms with Crippen molar-refractivity contribution >= 4 is 11.9 Å². The van der Waals surface area contributed by atoms with Crippen molar-refractivity contribution in [1.82, 2.24) is 0 Å². The predicted molar refractivity (Wildman–Crippen MR) is 96.0 cm³/mol. The van der Waals surface area contributed by atoms with Gasteiger partial charge < -0.3 is 0 Å². The van der Waals surface area contributed by atoms with Crippen molar-refractivity contribution in [3.05, 3.63) is 112 Å². The lowest BCUT2D eigenvalue weighted by atomic mass is 9.61. The van der Waals surface area contributed by atoms with Crippen LogP contribution in [-0.2, 0) is 4.79 Å². The SMILES string of the molecule is O=C1C(=Cc2ccccc2)C2c3ccccc3C1c1ccccc12. The summed E-state index contributed by atoms with van der Waals surface area (Å²) in [5.74, 6) is 0.147. The molecule has 24 heavy (non-hydrogen) atoms. The number of carbonyl (C=O) groups is 1. The van der Waals surface area contributed by atoms with E-state index in [1.807, 2.05) is 30.3 Å². The first kappa shape index (κ1) is 13.5. The van der Waals surface area contributed by atoms with Gasteiger partial charge in [-0.05, 0) is 33.9 Å². The van der Waals surface area contributed by atoms with Gasteiger partial charge in [-0.25, -0.2) is 0 Å². The van der Waals surface area contributed by atoms with Crippen molar-refractivity contribution in [2.24, 2.45) is 0 Å². The van der Waals surface area contributed by atoms with Crippen molar-refractivity contribution in [2.75, 3.05) is 0 Å². The second kappa shape index (κ2) is 5.04. The Kier molecular flexibility index (Phi) is 2.83. The summed E-state index contributed by atoms with van der Waals surface area (Å²) in [5.41, 5.74) is 6.92. The van der Waals surface area contributed by atoms with Crippen LogP contribution in [0.4, 0.5) is 0 Å². The Bertz CT molecular complexity index is 934. The van der Waals surface area contributed by atoms with Crippen LogP contribution in [0, 0.1) is 0 Å². The summed E-state index contributed by atoms with van der Waals surface area (Å²) < 4.78 is 0. The molecule has 3 aromatic carbocycles. The van der Waals surface area contributed by atoms with Crippen molar-refractivity contribution in [3.63, 3.8) is 0 Å². The lowest BCUT2D eigenvalue weighted by Gasteiger charge is -2.41. The van der Waals surface area contributed by atoms with Gasteiger partial charge in [0.25, 0.3) is 0 Å². The molecule has 0 spiro atoms. The average molecular weight is 308 g/mol. The standard InChI is InChI=1S/C23H16O/c24-23-20(14-15-8-2-1-3-9-15)21-16-10-4-6-12-18(16)22(23)19-13-7-5-11-17(19)21/h1-14,21-22H. The number of hydrogen-bond donors (Lipinski definition) is 0. The van der Waals surface area contributed by atoms with E-state index < -0.39 is 0 Å². The highest BCUT2D eigenvalue weighted by Crippen LogP contribution is 2.53. The highest BCUT2D eigenvalue weighted by atomic mass is 16.1. The van der Waals surface area contributed by atoms with Crippen LogP contribution >= 0.6 is 0 Å². The van der Waals surface area contributed by atoms with Crippen LogP contribution in [-0.4, -0.2) is 5.78 Å². The molecule has 3 aliphatic rings.